The molecule has 0 atom stereocenters. The van der Waals surface area contributed by atoms with Crippen molar-refractivity contribution in [3.05, 3.63) is 33.3 Å². The van der Waals surface area contributed by atoms with E-state index >= 15 is 0 Å². The maximum Gasteiger partial charge on any atom is 0.253 e. The maximum atomic E-state index is 12.3. The van der Waals surface area contributed by atoms with Crippen LogP contribution in [0.2, 0.25) is 5.02 Å². The molecule has 5 heteroatoms. The van der Waals surface area contributed by atoms with Gasteiger partial charge in [0.15, 0.2) is 0 Å². The van der Waals surface area contributed by atoms with E-state index in [1.807, 2.05) is 12.1 Å². The van der Waals surface area contributed by atoms with Gasteiger partial charge in [0.25, 0.3) is 5.91 Å². The summed E-state index contributed by atoms with van der Waals surface area (Å²) in [6.07, 6.45) is 1.87. The van der Waals surface area contributed by atoms with Crippen LogP contribution in [0.25, 0.3) is 0 Å². The summed E-state index contributed by atoms with van der Waals surface area (Å²) in [6, 6.07) is 5.38. The van der Waals surface area contributed by atoms with Crippen LogP contribution in [0.5, 0.6) is 0 Å². The molecule has 3 nitrogen and oxygen atoms in total. The zero-order valence-electron chi connectivity index (χ0n) is 10.2. The number of nitrogens with one attached hydrogen (secondary N) is 2. The Morgan fingerprint density at radius 1 is 1.44 bits per heavy atom. The zero-order chi connectivity index (χ0) is 13.2. The van der Waals surface area contributed by atoms with Crippen molar-refractivity contribution in [2.24, 2.45) is 0 Å². The van der Waals surface area contributed by atoms with Gasteiger partial charge >= 0.3 is 0 Å². The number of hydrogen-bond acceptors (Lipinski definition) is 2. The Balaban J connectivity index is 2.14. The molecule has 1 aliphatic rings. The molecule has 1 saturated heterocycles. The fourth-order valence-electron chi connectivity index (χ4n) is 2.12. The molecule has 0 aliphatic carbocycles. The number of benzene rings is 1. The van der Waals surface area contributed by atoms with Gasteiger partial charge in [-0.15, -0.1) is 0 Å². The highest BCUT2D eigenvalue weighted by Gasteiger charge is 2.29. The van der Waals surface area contributed by atoms with Crippen LogP contribution >= 0.6 is 27.5 Å². The first-order valence-corrected chi connectivity index (χ1v) is 7.16. The van der Waals surface area contributed by atoms with E-state index in [4.69, 9.17) is 11.6 Å². The normalized spacial score (nSPS) is 18.4. The van der Waals surface area contributed by atoms with E-state index in [-0.39, 0.29) is 11.4 Å². The van der Waals surface area contributed by atoms with Crippen LogP contribution in [0.3, 0.4) is 0 Å². The number of halogens is 2. The SMILES string of the molecule is CC1(NC(=O)c2cccc(Br)c2Cl)CCNCC1. The Hall–Kier alpha value is -0.580. The van der Waals surface area contributed by atoms with Crippen molar-refractivity contribution in [2.75, 3.05) is 13.1 Å². The Bertz CT molecular complexity index is 458. The Morgan fingerprint density at radius 2 is 2.11 bits per heavy atom. The highest BCUT2D eigenvalue weighted by Crippen LogP contribution is 2.27. The van der Waals surface area contributed by atoms with Gasteiger partial charge in [-0.05, 0) is 60.9 Å². The van der Waals surface area contributed by atoms with Crippen molar-refractivity contribution in [1.29, 1.82) is 0 Å². The second kappa shape index (κ2) is 5.59. The third-order valence-electron chi connectivity index (χ3n) is 3.32. The summed E-state index contributed by atoms with van der Waals surface area (Å²) in [5.41, 5.74) is 0.374. The minimum atomic E-state index is -0.145. The van der Waals surface area contributed by atoms with Crippen LogP contribution in [0.4, 0.5) is 0 Å². The highest BCUT2D eigenvalue weighted by molar-refractivity contribution is 9.10. The minimum Gasteiger partial charge on any atom is -0.347 e. The van der Waals surface area contributed by atoms with E-state index in [0.29, 0.717) is 10.6 Å². The Morgan fingerprint density at radius 3 is 2.78 bits per heavy atom. The molecular weight excluding hydrogens is 316 g/mol. The molecule has 1 aliphatic heterocycles. The third kappa shape index (κ3) is 3.05. The standard InChI is InChI=1S/C13H16BrClN2O/c1-13(5-7-16-8-6-13)17-12(18)9-3-2-4-10(14)11(9)15/h2-4,16H,5-8H2,1H3,(H,17,18). The fraction of sp³-hybridized carbons (Fsp3) is 0.462. The molecule has 98 valence electrons. The summed E-state index contributed by atoms with van der Waals surface area (Å²) < 4.78 is 0.743. The average Bonchev–Trinajstić information content (AvgIpc) is 2.33. The topological polar surface area (TPSA) is 41.1 Å². The Labute approximate surface area is 120 Å². The molecule has 0 aromatic heterocycles. The van der Waals surface area contributed by atoms with E-state index in [0.717, 1.165) is 30.4 Å². The number of piperidine rings is 1. The van der Waals surface area contributed by atoms with Gasteiger partial charge in [-0.1, -0.05) is 17.7 Å². The van der Waals surface area contributed by atoms with Crippen molar-refractivity contribution < 1.29 is 4.79 Å². The summed E-state index contributed by atoms with van der Waals surface area (Å²) in [6.45, 7) is 3.95. The van der Waals surface area contributed by atoms with Gasteiger partial charge in [0.05, 0.1) is 10.6 Å². The zero-order valence-corrected chi connectivity index (χ0v) is 12.6. The van der Waals surface area contributed by atoms with Crippen molar-refractivity contribution in [1.82, 2.24) is 10.6 Å². The fourth-order valence-corrected chi connectivity index (χ4v) is 2.70. The Kier molecular flexibility index (Phi) is 4.30. The molecule has 1 heterocycles. The summed E-state index contributed by atoms with van der Waals surface area (Å²) in [4.78, 5) is 12.3. The lowest BCUT2D eigenvalue weighted by molar-refractivity contribution is 0.0887. The van der Waals surface area contributed by atoms with Crippen LogP contribution in [0, 0.1) is 0 Å². The van der Waals surface area contributed by atoms with Crippen molar-refractivity contribution in [3.63, 3.8) is 0 Å². The van der Waals surface area contributed by atoms with Gasteiger partial charge in [0, 0.05) is 10.0 Å². The molecule has 2 N–H and O–H groups in total. The van der Waals surface area contributed by atoms with Gasteiger partial charge in [-0.25, -0.2) is 0 Å². The monoisotopic (exact) mass is 330 g/mol. The maximum absolute atomic E-state index is 12.3. The number of amides is 1. The van der Waals surface area contributed by atoms with Crippen molar-refractivity contribution in [2.45, 2.75) is 25.3 Å². The van der Waals surface area contributed by atoms with Crippen LogP contribution in [-0.4, -0.2) is 24.5 Å². The molecule has 0 spiro atoms. The summed E-state index contributed by atoms with van der Waals surface area (Å²) >= 11 is 9.46. The highest BCUT2D eigenvalue weighted by atomic mass is 79.9. The van der Waals surface area contributed by atoms with Crippen molar-refractivity contribution in [3.8, 4) is 0 Å². The lowest BCUT2D eigenvalue weighted by Gasteiger charge is -2.35. The second-order valence-electron chi connectivity index (χ2n) is 4.87. The summed E-state index contributed by atoms with van der Waals surface area (Å²) in [7, 11) is 0. The first-order valence-electron chi connectivity index (χ1n) is 5.99. The molecule has 1 aromatic carbocycles. The average molecular weight is 332 g/mol. The molecule has 18 heavy (non-hydrogen) atoms. The first-order chi connectivity index (χ1) is 8.52. The predicted molar refractivity (Wildman–Crippen MR) is 77.1 cm³/mol. The van der Waals surface area contributed by atoms with E-state index in [2.05, 4.69) is 33.5 Å². The van der Waals surface area contributed by atoms with Gasteiger partial charge < -0.3 is 10.6 Å². The number of hydrogen-bond donors (Lipinski definition) is 2. The lowest BCUT2D eigenvalue weighted by Crippen LogP contribution is -2.52. The number of carbonyl (C=O) groups is 1. The van der Waals surface area contributed by atoms with Crippen molar-refractivity contribution >= 4 is 33.4 Å². The first kappa shape index (κ1) is 13.8. The predicted octanol–water partition coefficient (Wildman–Crippen LogP) is 2.97. The molecule has 2 rings (SSSR count). The van der Waals surface area contributed by atoms with Crippen LogP contribution in [0.1, 0.15) is 30.1 Å². The van der Waals surface area contributed by atoms with Gasteiger partial charge in [-0.2, -0.15) is 0 Å². The van der Waals surface area contributed by atoms with E-state index in [9.17, 15) is 4.79 Å². The molecular formula is C13H16BrClN2O. The molecule has 0 bridgehead atoms. The molecule has 0 unspecified atom stereocenters. The van der Waals surface area contributed by atoms with Gasteiger partial charge in [0.1, 0.15) is 0 Å². The van der Waals surface area contributed by atoms with Crippen LogP contribution in [-0.2, 0) is 0 Å². The molecule has 0 radical (unpaired) electrons. The molecule has 1 amide bonds. The number of rotatable bonds is 2. The second-order valence-corrected chi connectivity index (χ2v) is 6.10. The number of carbonyl (C=O) groups excluding carboxylic acids is 1. The van der Waals surface area contributed by atoms with Gasteiger partial charge in [0.2, 0.25) is 0 Å². The molecule has 1 aromatic rings. The third-order valence-corrected chi connectivity index (χ3v) is 4.61. The lowest BCUT2D eigenvalue weighted by atomic mass is 9.90. The molecule has 1 fully saturated rings. The summed E-state index contributed by atoms with van der Waals surface area (Å²) in [5.74, 6) is -0.106. The summed E-state index contributed by atoms with van der Waals surface area (Å²) in [5, 5.41) is 6.85. The minimum absolute atomic E-state index is 0.106. The van der Waals surface area contributed by atoms with E-state index in [1.54, 1.807) is 6.07 Å². The van der Waals surface area contributed by atoms with Gasteiger partial charge in [-0.3, -0.25) is 4.79 Å². The quantitative estimate of drug-likeness (QED) is 0.875. The largest absolute Gasteiger partial charge is 0.347 e. The van der Waals surface area contributed by atoms with E-state index in [1.165, 1.54) is 0 Å². The molecule has 0 saturated carbocycles. The smallest absolute Gasteiger partial charge is 0.253 e. The van der Waals surface area contributed by atoms with E-state index < -0.39 is 0 Å². The van der Waals surface area contributed by atoms with Crippen LogP contribution in [0.15, 0.2) is 22.7 Å². The van der Waals surface area contributed by atoms with Crippen LogP contribution < -0.4 is 10.6 Å².